The van der Waals surface area contributed by atoms with Crippen molar-refractivity contribution >= 4 is 27.3 Å². The highest BCUT2D eigenvalue weighted by Gasteiger charge is 2.09. The number of nitrogen functional groups attached to an aromatic ring is 1. The lowest BCUT2D eigenvalue weighted by molar-refractivity contribution is 1.11. The van der Waals surface area contributed by atoms with E-state index < -0.39 is 0 Å². The fourth-order valence-corrected chi connectivity index (χ4v) is 2.27. The third-order valence-electron chi connectivity index (χ3n) is 2.87. The normalized spacial score (nSPS) is 11.0. The highest BCUT2D eigenvalue weighted by atomic mass is 79.9. The molecular weight excluding hydrogens is 292 g/mol. The topological polar surface area (TPSA) is 56.2 Å². The molecule has 5 heteroatoms. The van der Waals surface area contributed by atoms with Gasteiger partial charge >= 0.3 is 0 Å². The van der Waals surface area contributed by atoms with E-state index in [9.17, 15) is 0 Å². The number of aromatic nitrogens is 3. The fourth-order valence-electron chi connectivity index (χ4n) is 1.87. The van der Waals surface area contributed by atoms with Crippen molar-refractivity contribution in [3.63, 3.8) is 0 Å². The molecule has 4 nitrogen and oxygen atoms in total. The van der Waals surface area contributed by atoms with E-state index in [0.717, 1.165) is 32.8 Å². The van der Waals surface area contributed by atoms with E-state index in [1.165, 1.54) is 0 Å². The van der Waals surface area contributed by atoms with Gasteiger partial charge in [-0.05, 0) is 30.7 Å². The van der Waals surface area contributed by atoms with E-state index in [0.29, 0.717) is 0 Å². The number of nitrogens with zero attached hydrogens (tertiary/aromatic N) is 3. The molecule has 0 saturated heterocycles. The molecule has 0 amide bonds. The number of nitrogens with two attached hydrogens (primary N) is 1. The summed E-state index contributed by atoms with van der Waals surface area (Å²) in [6.45, 7) is 1.96. The quantitative estimate of drug-likeness (QED) is 0.751. The van der Waals surface area contributed by atoms with Crippen LogP contribution in [0.2, 0.25) is 0 Å². The minimum Gasteiger partial charge on any atom is -0.397 e. The molecule has 0 saturated carbocycles. The maximum atomic E-state index is 5.94. The molecule has 3 rings (SSSR count). The molecule has 0 unspecified atom stereocenters. The predicted molar refractivity (Wildman–Crippen MR) is 75.3 cm³/mol. The number of rotatable bonds is 1. The minimum atomic E-state index is 0.735. The lowest BCUT2D eigenvalue weighted by Crippen LogP contribution is -1.96. The van der Waals surface area contributed by atoms with Crippen molar-refractivity contribution in [2.75, 3.05) is 5.73 Å². The zero-order valence-corrected chi connectivity index (χ0v) is 11.3. The molecule has 18 heavy (non-hydrogen) atoms. The minimum absolute atomic E-state index is 0.735. The molecule has 0 aliphatic rings. The number of pyridine rings is 1. The van der Waals surface area contributed by atoms with Gasteiger partial charge in [-0.15, -0.1) is 10.2 Å². The lowest BCUT2D eigenvalue weighted by Gasteiger charge is -2.04. The zero-order chi connectivity index (χ0) is 12.7. The Morgan fingerprint density at radius 1 is 1.22 bits per heavy atom. The van der Waals surface area contributed by atoms with E-state index >= 15 is 0 Å². The van der Waals surface area contributed by atoms with E-state index in [1.54, 1.807) is 0 Å². The number of aryl methyl sites for hydroxylation is 1. The third kappa shape index (κ3) is 1.76. The first kappa shape index (κ1) is 11.2. The molecule has 0 spiro atoms. The van der Waals surface area contributed by atoms with Gasteiger partial charge in [0.1, 0.15) is 0 Å². The number of halogens is 1. The highest BCUT2D eigenvalue weighted by molar-refractivity contribution is 9.10. The Bertz CT molecular complexity index is 733. The summed E-state index contributed by atoms with van der Waals surface area (Å²) in [5, 5.41) is 8.39. The van der Waals surface area contributed by atoms with Crippen LogP contribution < -0.4 is 5.73 Å². The van der Waals surface area contributed by atoms with Gasteiger partial charge in [0.2, 0.25) is 0 Å². The van der Waals surface area contributed by atoms with Gasteiger partial charge in [-0.25, -0.2) is 0 Å². The van der Waals surface area contributed by atoms with Crippen LogP contribution in [0.25, 0.3) is 17.0 Å². The first-order chi connectivity index (χ1) is 8.65. The number of hydrogen-bond acceptors (Lipinski definition) is 3. The van der Waals surface area contributed by atoms with Gasteiger partial charge in [0.05, 0.1) is 5.69 Å². The molecule has 0 aliphatic heterocycles. The second-order valence-electron chi connectivity index (χ2n) is 4.17. The summed E-state index contributed by atoms with van der Waals surface area (Å²) in [5.74, 6) is 0.790. The van der Waals surface area contributed by atoms with Gasteiger partial charge in [-0.2, -0.15) is 0 Å². The molecule has 2 N–H and O–H groups in total. The number of benzene rings is 1. The Hall–Kier alpha value is -1.88. The molecule has 0 bridgehead atoms. The summed E-state index contributed by atoms with van der Waals surface area (Å²) < 4.78 is 2.92. The monoisotopic (exact) mass is 302 g/mol. The number of fused-ring (bicyclic) bond motifs is 1. The van der Waals surface area contributed by atoms with Crippen LogP contribution in [-0.4, -0.2) is 14.6 Å². The van der Waals surface area contributed by atoms with Crippen LogP contribution in [0.3, 0.4) is 0 Å². The summed E-state index contributed by atoms with van der Waals surface area (Å²) in [5.41, 5.74) is 9.48. The summed E-state index contributed by atoms with van der Waals surface area (Å²) in [4.78, 5) is 0. The average Bonchev–Trinajstić information content (AvgIpc) is 2.73. The summed E-state index contributed by atoms with van der Waals surface area (Å²) in [6.07, 6.45) is 1.86. The van der Waals surface area contributed by atoms with Crippen molar-refractivity contribution in [1.29, 1.82) is 0 Å². The smallest absolute Gasteiger partial charge is 0.168 e. The van der Waals surface area contributed by atoms with Crippen LogP contribution in [0, 0.1) is 6.92 Å². The Kier molecular flexibility index (Phi) is 2.56. The molecule has 2 aromatic heterocycles. The Morgan fingerprint density at radius 2 is 2.06 bits per heavy atom. The van der Waals surface area contributed by atoms with E-state index in [4.69, 9.17) is 5.73 Å². The van der Waals surface area contributed by atoms with Crippen molar-refractivity contribution in [3.05, 3.63) is 46.6 Å². The molecular formula is C13H11BrN4. The van der Waals surface area contributed by atoms with Crippen LogP contribution in [-0.2, 0) is 0 Å². The Morgan fingerprint density at radius 3 is 2.83 bits per heavy atom. The molecule has 0 aliphatic carbocycles. The van der Waals surface area contributed by atoms with Crippen LogP contribution in [0.5, 0.6) is 0 Å². The summed E-state index contributed by atoms with van der Waals surface area (Å²) in [6, 6.07) is 9.89. The van der Waals surface area contributed by atoms with Crippen molar-refractivity contribution in [1.82, 2.24) is 14.6 Å². The molecule has 1 aromatic carbocycles. The van der Waals surface area contributed by atoms with Crippen LogP contribution in [0.1, 0.15) is 5.56 Å². The van der Waals surface area contributed by atoms with E-state index in [-0.39, 0.29) is 0 Å². The third-order valence-corrected chi connectivity index (χ3v) is 3.37. The zero-order valence-electron chi connectivity index (χ0n) is 9.76. The Balaban J connectivity index is 2.27. The van der Waals surface area contributed by atoms with Gasteiger partial charge in [-0.1, -0.05) is 28.1 Å². The highest BCUT2D eigenvalue weighted by Crippen LogP contribution is 2.23. The van der Waals surface area contributed by atoms with Gasteiger partial charge in [-0.3, -0.25) is 4.40 Å². The molecule has 0 atom stereocenters. The van der Waals surface area contributed by atoms with Crippen LogP contribution >= 0.6 is 15.9 Å². The molecule has 90 valence electrons. The van der Waals surface area contributed by atoms with Gasteiger partial charge in [0.15, 0.2) is 11.5 Å². The summed E-state index contributed by atoms with van der Waals surface area (Å²) in [7, 11) is 0. The molecule has 0 radical (unpaired) electrons. The largest absolute Gasteiger partial charge is 0.397 e. The summed E-state index contributed by atoms with van der Waals surface area (Å²) >= 11 is 3.46. The van der Waals surface area contributed by atoms with Crippen molar-refractivity contribution in [2.24, 2.45) is 0 Å². The second kappa shape index (κ2) is 4.10. The maximum absolute atomic E-state index is 5.94. The van der Waals surface area contributed by atoms with Crippen molar-refractivity contribution < 1.29 is 0 Å². The van der Waals surface area contributed by atoms with E-state index in [2.05, 4.69) is 26.1 Å². The van der Waals surface area contributed by atoms with Gasteiger partial charge in [0, 0.05) is 16.2 Å². The lowest BCUT2D eigenvalue weighted by atomic mass is 10.2. The van der Waals surface area contributed by atoms with Gasteiger partial charge in [0.25, 0.3) is 0 Å². The SMILES string of the molecule is Cc1cc2nnc(-c3cccc(Br)c3)n2cc1N. The number of hydrogen-bond donors (Lipinski definition) is 1. The van der Waals surface area contributed by atoms with Crippen LogP contribution in [0.4, 0.5) is 5.69 Å². The van der Waals surface area contributed by atoms with Gasteiger partial charge < -0.3 is 5.73 Å². The standard InChI is InChI=1S/C13H11BrN4/c1-8-5-12-16-17-13(18(12)7-11(8)15)9-3-2-4-10(14)6-9/h2-7H,15H2,1H3. The first-order valence-electron chi connectivity index (χ1n) is 5.52. The van der Waals surface area contributed by atoms with Crippen molar-refractivity contribution in [3.8, 4) is 11.4 Å². The van der Waals surface area contributed by atoms with Crippen LogP contribution in [0.15, 0.2) is 41.0 Å². The Labute approximate surface area is 113 Å². The molecule has 3 aromatic rings. The average molecular weight is 303 g/mol. The first-order valence-corrected chi connectivity index (χ1v) is 6.31. The van der Waals surface area contributed by atoms with Crippen molar-refractivity contribution in [2.45, 2.75) is 6.92 Å². The van der Waals surface area contributed by atoms with E-state index in [1.807, 2.05) is 47.9 Å². The number of anilines is 1. The fraction of sp³-hybridized carbons (Fsp3) is 0.0769. The predicted octanol–water partition coefficient (Wildman–Crippen LogP) is 3.05. The maximum Gasteiger partial charge on any atom is 0.168 e. The molecule has 2 heterocycles. The second-order valence-corrected chi connectivity index (χ2v) is 5.09. The molecule has 0 fully saturated rings.